The van der Waals surface area contributed by atoms with Gasteiger partial charge in [-0.3, -0.25) is 0 Å². The van der Waals surface area contributed by atoms with Crippen molar-refractivity contribution >= 4 is 28.3 Å². The zero-order chi connectivity index (χ0) is 13.0. The lowest BCUT2D eigenvalue weighted by Crippen LogP contribution is -2.00. The summed E-state index contributed by atoms with van der Waals surface area (Å²) < 4.78 is 19.4. The Hall–Kier alpha value is -1.30. The van der Waals surface area contributed by atoms with Gasteiger partial charge < -0.3 is 10.1 Å². The maximum Gasteiger partial charge on any atom is 0.165 e. The van der Waals surface area contributed by atoms with Crippen LogP contribution in [0.3, 0.4) is 0 Å². The number of anilines is 1. The van der Waals surface area contributed by atoms with E-state index in [1.165, 1.54) is 22.3 Å². The van der Waals surface area contributed by atoms with Crippen molar-refractivity contribution in [1.29, 1.82) is 0 Å². The van der Waals surface area contributed by atoms with Crippen LogP contribution in [-0.4, -0.2) is 7.11 Å². The second-order valence-corrected chi connectivity index (χ2v) is 5.07. The molecule has 2 nitrogen and oxygen atoms in total. The van der Waals surface area contributed by atoms with Crippen molar-refractivity contribution in [1.82, 2.24) is 0 Å². The second kappa shape index (κ2) is 6.04. The van der Waals surface area contributed by atoms with Crippen LogP contribution in [0.1, 0.15) is 5.56 Å². The van der Waals surface area contributed by atoms with E-state index in [9.17, 15) is 4.39 Å². The topological polar surface area (TPSA) is 21.3 Å². The van der Waals surface area contributed by atoms with Crippen molar-refractivity contribution in [3.8, 4) is 5.75 Å². The summed E-state index contributed by atoms with van der Waals surface area (Å²) in [5, 5.41) is 3.23. The fraction of sp³-hybridized carbons (Fsp3) is 0.143. The van der Waals surface area contributed by atoms with Crippen molar-refractivity contribution in [2.24, 2.45) is 0 Å². The number of methoxy groups -OCH3 is 1. The average molecular weight is 357 g/mol. The van der Waals surface area contributed by atoms with E-state index in [1.807, 2.05) is 0 Å². The first-order valence-electron chi connectivity index (χ1n) is 5.51. The molecule has 0 amide bonds. The van der Waals surface area contributed by atoms with E-state index in [1.54, 1.807) is 12.1 Å². The van der Waals surface area contributed by atoms with Crippen molar-refractivity contribution in [3.63, 3.8) is 0 Å². The van der Waals surface area contributed by atoms with Crippen LogP contribution in [0.25, 0.3) is 0 Å². The van der Waals surface area contributed by atoms with Crippen LogP contribution < -0.4 is 10.1 Å². The van der Waals surface area contributed by atoms with Gasteiger partial charge in [-0.25, -0.2) is 4.39 Å². The molecule has 2 rings (SSSR count). The first kappa shape index (κ1) is 13.1. The minimum Gasteiger partial charge on any atom is -0.494 e. The van der Waals surface area contributed by atoms with E-state index < -0.39 is 0 Å². The minimum atomic E-state index is -0.350. The average Bonchev–Trinajstić information content (AvgIpc) is 2.39. The third-order valence-corrected chi connectivity index (χ3v) is 3.28. The van der Waals surface area contributed by atoms with Crippen LogP contribution in [0, 0.1) is 9.39 Å². The predicted octanol–water partition coefficient (Wildman–Crippen LogP) is 4.05. The Morgan fingerprint density at radius 3 is 2.56 bits per heavy atom. The summed E-state index contributed by atoms with van der Waals surface area (Å²) in [6, 6.07) is 13.0. The van der Waals surface area contributed by atoms with Gasteiger partial charge in [-0.05, 0) is 52.4 Å². The van der Waals surface area contributed by atoms with Gasteiger partial charge in [0.1, 0.15) is 0 Å². The number of hydrogen-bond donors (Lipinski definition) is 1. The molecule has 0 aliphatic carbocycles. The third-order valence-electron chi connectivity index (χ3n) is 2.56. The smallest absolute Gasteiger partial charge is 0.165 e. The molecule has 0 spiro atoms. The molecule has 94 valence electrons. The summed E-state index contributed by atoms with van der Waals surface area (Å²) in [5.74, 6) is -0.0973. The van der Waals surface area contributed by atoms with Gasteiger partial charge in [-0.15, -0.1) is 0 Å². The van der Waals surface area contributed by atoms with Gasteiger partial charge in [0.05, 0.1) is 7.11 Å². The van der Waals surface area contributed by atoms with Crippen molar-refractivity contribution in [2.75, 3.05) is 12.4 Å². The number of benzene rings is 2. The number of rotatable bonds is 4. The first-order valence-corrected chi connectivity index (χ1v) is 6.59. The normalized spacial score (nSPS) is 10.2. The summed E-state index contributed by atoms with van der Waals surface area (Å²) in [6.45, 7) is 0.700. The monoisotopic (exact) mass is 357 g/mol. The molecule has 0 aromatic heterocycles. The quantitative estimate of drug-likeness (QED) is 0.834. The Balaban J connectivity index is 2.04. The van der Waals surface area contributed by atoms with Crippen molar-refractivity contribution in [2.45, 2.75) is 6.54 Å². The minimum absolute atomic E-state index is 0.252. The first-order chi connectivity index (χ1) is 8.69. The van der Waals surface area contributed by atoms with E-state index in [0.717, 1.165) is 5.69 Å². The number of nitrogens with one attached hydrogen (secondary N) is 1. The maximum atomic E-state index is 13.2. The van der Waals surface area contributed by atoms with E-state index in [0.29, 0.717) is 6.54 Å². The molecule has 0 saturated carbocycles. The molecule has 0 aliphatic heterocycles. The fourth-order valence-electron chi connectivity index (χ4n) is 1.58. The summed E-state index contributed by atoms with van der Waals surface area (Å²) in [6.07, 6.45) is 0. The molecule has 18 heavy (non-hydrogen) atoms. The Labute approximate surface area is 119 Å². The highest BCUT2D eigenvalue weighted by Crippen LogP contribution is 2.21. The zero-order valence-corrected chi connectivity index (χ0v) is 12.1. The molecule has 0 heterocycles. The lowest BCUT2D eigenvalue weighted by molar-refractivity contribution is 0.387. The highest BCUT2D eigenvalue weighted by molar-refractivity contribution is 14.1. The van der Waals surface area contributed by atoms with Crippen molar-refractivity contribution < 1.29 is 9.13 Å². The number of hydrogen-bond acceptors (Lipinski definition) is 2. The zero-order valence-electron chi connectivity index (χ0n) is 9.91. The maximum absolute atomic E-state index is 13.2. The van der Waals surface area contributed by atoms with Gasteiger partial charge in [0, 0.05) is 21.9 Å². The molecule has 2 aromatic rings. The highest BCUT2D eigenvalue weighted by atomic mass is 127. The van der Waals surface area contributed by atoms with Gasteiger partial charge in [0.15, 0.2) is 11.6 Å². The van der Waals surface area contributed by atoms with Crippen LogP contribution in [-0.2, 0) is 6.54 Å². The molecule has 1 N–H and O–H groups in total. The van der Waals surface area contributed by atoms with Crippen LogP contribution in [0.4, 0.5) is 10.1 Å². The molecule has 4 heteroatoms. The Kier molecular flexibility index (Phi) is 4.41. The summed E-state index contributed by atoms with van der Waals surface area (Å²) in [4.78, 5) is 0. The van der Waals surface area contributed by atoms with Gasteiger partial charge >= 0.3 is 0 Å². The second-order valence-electron chi connectivity index (χ2n) is 3.83. The third kappa shape index (κ3) is 3.35. The van der Waals surface area contributed by atoms with Gasteiger partial charge in [0.25, 0.3) is 0 Å². The molecule has 0 radical (unpaired) electrons. The van der Waals surface area contributed by atoms with Crippen molar-refractivity contribution in [3.05, 3.63) is 57.4 Å². The Bertz CT molecular complexity index is 528. The molecule has 0 saturated heterocycles. The van der Waals surface area contributed by atoms with Crippen LogP contribution in [0.5, 0.6) is 5.75 Å². The van der Waals surface area contributed by atoms with Crippen LogP contribution >= 0.6 is 22.6 Å². The number of halogens is 2. The molecule has 0 atom stereocenters. The standard InChI is InChI=1S/C14H13FINO/c1-18-14-8-12(6-7-13(14)15)17-9-10-2-4-11(16)5-3-10/h2-8,17H,9H2,1H3. The van der Waals surface area contributed by atoms with E-state index in [4.69, 9.17) is 4.74 Å². The van der Waals surface area contributed by atoms with Crippen LogP contribution in [0.15, 0.2) is 42.5 Å². The molecule has 0 aliphatic rings. The number of ether oxygens (including phenoxy) is 1. The van der Waals surface area contributed by atoms with E-state index in [-0.39, 0.29) is 11.6 Å². The summed E-state index contributed by atoms with van der Waals surface area (Å²) in [5.41, 5.74) is 2.02. The Morgan fingerprint density at radius 1 is 1.17 bits per heavy atom. The lowest BCUT2D eigenvalue weighted by Gasteiger charge is -2.09. The predicted molar refractivity (Wildman–Crippen MR) is 79.4 cm³/mol. The fourth-order valence-corrected chi connectivity index (χ4v) is 1.94. The lowest BCUT2D eigenvalue weighted by atomic mass is 10.2. The molecule has 0 bridgehead atoms. The van der Waals surface area contributed by atoms with E-state index >= 15 is 0 Å². The van der Waals surface area contributed by atoms with Crippen LogP contribution in [0.2, 0.25) is 0 Å². The van der Waals surface area contributed by atoms with Gasteiger partial charge in [0.2, 0.25) is 0 Å². The molecule has 2 aromatic carbocycles. The molecular formula is C14H13FINO. The Morgan fingerprint density at radius 2 is 1.89 bits per heavy atom. The summed E-state index contributed by atoms with van der Waals surface area (Å²) >= 11 is 2.27. The highest BCUT2D eigenvalue weighted by Gasteiger charge is 2.03. The summed E-state index contributed by atoms with van der Waals surface area (Å²) in [7, 11) is 1.46. The van der Waals surface area contributed by atoms with Gasteiger partial charge in [-0.2, -0.15) is 0 Å². The van der Waals surface area contributed by atoms with E-state index in [2.05, 4.69) is 52.2 Å². The van der Waals surface area contributed by atoms with Gasteiger partial charge in [-0.1, -0.05) is 12.1 Å². The molecular weight excluding hydrogens is 344 g/mol. The molecule has 0 unspecified atom stereocenters. The largest absolute Gasteiger partial charge is 0.494 e. The SMILES string of the molecule is COc1cc(NCc2ccc(I)cc2)ccc1F. The molecule has 0 fully saturated rings.